The van der Waals surface area contributed by atoms with Gasteiger partial charge in [0.05, 0.1) is 25.0 Å². The standard InChI is InChI=1S/C13H19N3O3/c1-3-4-12(17)15-8-13(18)16-11-7-9(19-2)5-6-10(11)14/h5-7H,3-4,8,14H2,1-2H3,(H,15,17)(H,16,18). The van der Waals surface area contributed by atoms with Gasteiger partial charge in [0.15, 0.2) is 0 Å². The second-order valence-corrected chi connectivity index (χ2v) is 4.03. The SMILES string of the molecule is CCCC(=O)NCC(=O)Nc1cc(OC)ccc1N. The minimum absolute atomic E-state index is 0.0739. The molecule has 0 radical (unpaired) electrons. The molecule has 0 aromatic heterocycles. The van der Waals surface area contributed by atoms with E-state index in [1.54, 1.807) is 18.2 Å². The van der Waals surface area contributed by atoms with Gasteiger partial charge in [-0.3, -0.25) is 9.59 Å². The maximum absolute atomic E-state index is 11.7. The van der Waals surface area contributed by atoms with Crippen molar-refractivity contribution in [1.82, 2.24) is 5.32 Å². The fourth-order valence-corrected chi connectivity index (χ4v) is 1.46. The van der Waals surface area contributed by atoms with Crippen LogP contribution in [0, 0.1) is 0 Å². The summed E-state index contributed by atoms with van der Waals surface area (Å²) in [7, 11) is 1.53. The monoisotopic (exact) mass is 265 g/mol. The Balaban J connectivity index is 2.54. The van der Waals surface area contributed by atoms with Gasteiger partial charge in [-0.1, -0.05) is 6.92 Å². The number of carbonyl (C=O) groups is 2. The van der Waals surface area contributed by atoms with Crippen molar-refractivity contribution in [3.8, 4) is 5.75 Å². The Bertz CT molecular complexity index is 460. The Labute approximate surface area is 112 Å². The van der Waals surface area contributed by atoms with Gasteiger partial charge < -0.3 is 21.1 Å². The molecular weight excluding hydrogens is 246 g/mol. The van der Waals surface area contributed by atoms with E-state index in [1.165, 1.54) is 7.11 Å². The minimum atomic E-state index is -0.329. The fourth-order valence-electron chi connectivity index (χ4n) is 1.46. The fraction of sp³-hybridized carbons (Fsp3) is 0.385. The summed E-state index contributed by atoms with van der Waals surface area (Å²) >= 11 is 0. The molecule has 19 heavy (non-hydrogen) atoms. The highest BCUT2D eigenvalue weighted by atomic mass is 16.5. The molecule has 0 aliphatic rings. The van der Waals surface area contributed by atoms with E-state index in [1.807, 2.05) is 6.92 Å². The van der Waals surface area contributed by atoms with Crippen LogP contribution in [0.1, 0.15) is 19.8 Å². The first kappa shape index (κ1) is 14.8. The van der Waals surface area contributed by atoms with E-state index in [0.717, 1.165) is 6.42 Å². The molecule has 1 rings (SSSR count). The Morgan fingerprint density at radius 1 is 1.32 bits per heavy atom. The first-order chi connectivity index (χ1) is 9.06. The van der Waals surface area contributed by atoms with Crippen LogP contribution in [-0.4, -0.2) is 25.5 Å². The Morgan fingerprint density at radius 2 is 2.05 bits per heavy atom. The summed E-state index contributed by atoms with van der Waals surface area (Å²) in [5.41, 5.74) is 6.64. The molecule has 1 aromatic rings. The topological polar surface area (TPSA) is 93.5 Å². The van der Waals surface area contributed by atoms with Crippen molar-refractivity contribution in [3.05, 3.63) is 18.2 Å². The molecule has 0 aliphatic heterocycles. The average Bonchev–Trinajstić information content (AvgIpc) is 2.39. The number of hydrogen-bond donors (Lipinski definition) is 3. The molecule has 0 heterocycles. The number of nitrogens with two attached hydrogens (primary N) is 1. The number of amides is 2. The number of benzene rings is 1. The lowest BCUT2D eigenvalue weighted by Gasteiger charge is -2.10. The zero-order valence-electron chi connectivity index (χ0n) is 11.2. The molecule has 1 aromatic carbocycles. The quantitative estimate of drug-likeness (QED) is 0.672. The third kappa shape index (κ3) is 4.87. The number of carbonyl (C=O) groups excluding carboxylic acids is 2. The van der Waals surface area contributed by atoms with Gasteiger partial charge in [0, 0.05) is 12.5 Å². The summed E-state index contributed by atoms with van der Waals surface area (Å²) in [6.45, 7) is 1.83. The predicted molar refractivity (Wildman–Crippen MR) is 74.0 cm³/mol. The van der Waals surface area contributed by atoms with E-state index in [-0.39, 0.29) is 18.4 Å². The number of nitrogen functional groups attached to an aromatic ring is 1. The van der Waals surface area contributed by atoms with E-state index in [9.17, 15) is 9.59 Å². The summed E-state index contributed by atoms with van der Waals surface area (Å²) in [4.78, 5) is 22.9. The highest BCUT2D eigenvalue weighted by molar-refractivity contribution is 5.97. The van der Waals surface area contributed by atoms with Crippen LogP contribution in [0.15, 0.2) is 18.2 Å². The molecule has 0 saturated heterocycles. The van der Waals surface area contributed by atoms with Crippen LogP contribution in [0.2, 0.25) is 0 Å². The average molecular weight is 265 g/mol. The second kappa shape index (κ2) is 7.25. The van der Waals surface area contributed by atoms with Crippen molar-refractivity contribution in [2.75, 3.05) is 24.7 Å². The summed E-state index contributed by atoms with van der Waals surface area (Å²) in [5, 5.41) is 5.15. The Morgan fingerprint density at radius 3 is 2.68 bits per heavy atom. The van der Waals surface area contributed by atoms with Gasteiger partial charge in [0.1, 0.15) is 5.75 Å². The highest BCUT2D eigenvalue weighted by Crippen LogP contribution is 2.24. The maximum Gasteiger partial charge on any atom is 0.243 e. The second-order valence-electron chi connectivity index (χ2n) is 4.03. The third-order valence-corrected chi connectivity index (χ3v) is 2.46. The summed E-state index contributed by atoms with van der Waals surface area (Å²) in [6, 6.07) is 4.97. The maximum atomic E-state index is 11.7. The van der Waals surface area contributed by atoms with E-state index < -0.39 is 0 Å². The van der Waals surface area contributed by atoms with Gasteiger partial charge in [-0.2, -0.15) is 0 Å². The highest BCUT2D eigenvalue weighted by Gasteiger charge is 2.08. The zero-order chi connectivity index (χ0) is 14.3. The number of hydrogen-bond acceptors (Lipinski definition) is 4. The van der Waals surface area contributed by atoms with Crippen LogP contribution in [-0.2, 0) is 9.59 Å². The Kier molecular flexibility index (Phi) is 5.66. The van der Waals surface area contributed by atoms with Crippen molar-refractivity contribution in [1.29, 1.82) is 0 Å². The van der Waals surface area contributed by atoms with Gasteiger partial charge in [-0.25, -0.2) is 0 Å². The number of methoxy groups -OCH3 is 1. The lowest BCUT2D eigenvalue weighted by Crippen LogP contribution is -2.32. The summed E-state index contributed by atoms with van der Waals surface area (Å²) < 4.78 is 5.04. The number of ether oxygens (including phenoxy) is 1. The first-order valence-electron chi connectivity index (χ1n) is 6.07. The van der Waals surface area contributed by atoms with Crippen molar-refractivity contribution in [2.24, 2.45) is 0 Å². The van der Waals surface area contributed by atoms with Crippen LogP contribution in [0.5, 0.6) is 5.75 Å². The van der Waals surface area contributed by atoms with Crippen LogP contribution in [0.4, 0.5) is 11.4 Å². The molecule has 0 unspecified atom stereocenters. The molecule has 6 nitrogen and oxygen atoms in total. The third-order valence-electron chi connectivity index (χ3n) is 2.46. The lowest BCUT2D eigenvalue weighted by molar-refractivity contribution is -0.124. The van der Waals surface area contributed by atoms with Crippen LogP contribution in [0.3, 0.4) is 0 Å². The molecule has 0 bridgehead atoms. The molecule has 0 saturated carbocycles. The van der Waals surface area contributed by atoms with E-state index in [2.05, 4.69) is 10.6 Å². The molecule has 104 valence electrons. The molecule has 0 aliphatic carbocycles. The molecule has 4 N–H and O–H groups in total. The normalized spacial score (nSPS) is 9.79. The smallest absolute Gasteiger partial charge is 0.243 e. The Hall–Kier alpha value is -2.24. The van der Waals surface area contributed by atoms with Gasteiger partial charge >= 0.3 is 0 Å². The van der Waals surface area contributed by atoms with Crippen LogP contribution >= 0.6 is 0 Å². The number of nitrogens with one attached hydrogen (secondary N) is 2. The number of anilines is 2. The van der Waals surface area contributed by atoms with Gasteiger partial charge in [0.2, 0.25) is 11.8 Å². The summed E-state index contributed by atoms with van der Waals surface area (Å²) in [5.74, 6) is 0.125. The molecular formula is C13H19N3O3. The van der Waals surface area contributed by atoms with Crippen LogP contribution < -0.4 is 21.1 Å². The molecule has 6 heteroatoms. The molecule has 2 amide bonds. The molecule has 0 atom stereocenters. The zero-order valence-corrected chi connectivity index (χ0v) is 11.2. The number of rotatable bonds is 6. The minimum Gasteiger partial charge on any atom is -0.497 e. The van der Waals surface area contributed by atoms with E-state index in [0.29, 0.717) is 23.5 Å². The predicted octanol–water partition coefficient (Wildman–Crippen LogP) is 1.13. The van der Waals surface area contributed by atoms with Crippen molar-refractivity contribution >= 4 is 23.2 Å². The van der Waals surface area contributed by atoms with Crippen molar-refractivity contribution in [3.63, 3.8) is 0 Å². The van der Waals surface area contributed by atoms with Crippen molar-refractivity contribution < 1.29 is 14.3 Å². The molecule has 0 fully saturated rings. The van der Waals surface area contributed by atoms with Gasteiger partial charge in [-0.15, -0.1) is 0 Å². The van der Waals surface area contributed by atoms with Gasteiger partial charge in [0.25, 0.3) is 0 Å². The van der Waals surface area contributed by atoms with Gasteiger partial charge in [-0.05, 0) is 18.6 Å². The van der Waals surface area contributed by atoms with E-state index >= 15 is 0 Å². The van der Waals surface area contributed by atoms with E-state index in [4.69, 9.17) is 10.5 Å². The van der Waals surface area contributed by atoms with Crippen LogP contribution in [0.25, 0.3) is 0 Å². The summed E-state index contributed by atoms with van der Waals surface area (Å²) in [6.07, 6.45) is 1.16. The molecule has 0 spiro atoms. The lowest BCUT2D eigenvalue weighted by atomic mass is 10.2. The van der Waals surface area contributed by atoms with Crippen molar-refractivity contribution in [2.45, 2.75) is 19.8 Å². The largest absolute Gasteiger partial charge is 0.497 e. The first-order valence-corrected chi connectivity index (χ1v) is 6.07.